The number of hydrogen-bond acceptors (Lipinski definition) is 5. The summed E-state index contributed by atoms with van der Waals surface area (Å²) in [6.45, 7) is 6.09. The molecule has 0 aliphatic carbocycles. The summed E-state index contributed by atoms with van der Waals surface area (Å²) in [6, 6.07) is 5.86. The van der Waals surface area contributed by atoms with Crippen molar-refractivity contribution >= 4 is 17.3 Å². The molecule has 0 aliphatic rings. The maximum Gasteiger partial charge on any atom is 0.291 e. The molecule has 4 rings (SSSR count). The molecule has 126 valence electrons. The lowest BCUT2D eigenvalue weighted by atomic mass is 10.3. The normalized spacial score (nSPS) is 11.3. The molecule has 0 aliphatic heterocycles. The largest absolute Gasteiger partial charge is 0.344 e. The average Bonchev–Trinajstić information content (AvgIpc) is 3.17. The third-order valence-corrected chi connectivity index (χ3v) is 3.98. The second-order valence-electron chi connectivity index (χ2n) is 6.02. The lowest BCUT2D eigenvalue weighted by molar-refractivity contribution is 0.0940. The average molecular weight is 335 g/mol. The van der Waals surface area contributed by atoms with E-state index in [0.717, 1.165) is 28.3 Å². The second-order valence-corrected chi connectivity index (χ2v) is 6.02. The Morgan fingerprint density at radius 2 is 2.04 bits per heavy atom. The Morgan fingerprint density at radius 3 is 2.84 bits per heavy atom. The van der Waals surface area contributed by atoms with Gasteiger partial charge in [-0.2, -0.15) is 4.98 Å². The quantitative estimate of drug-likeness (QED) is 0.614. The number of hydrogen-bond donors (Lipinski definition) is 1. The summed E-state index contributed by atoms with van der Waals surface area (Å²) < 4.78 is 3.51. The molecule has 1 N–H and O–H groups in total. The van der Waals surface area contributed by atoms with Crippen LogP contribution in [-0.4, -0.2) is 34.9 Å². The molecule has 0 fully saturated rings. The molecule has 4 aromatic heterocycles. The van der Waals surface area contributed by atoms with Crippen molar-refractivity contribution in [1.29, 1.82) is 0 Å². The van der Waals surface area contributed by atoms with Crippen molar-refractivity contribution in [3.63, 3.8) is 0 Å². The summed E-state index contributed by atoms with van der Waals surface area (Å²) in [4.78, 5) is 25.4. The Balaban J connectivity index is 1.55. The summed E-state index contributed by atoms with van der Waals surface area (Å²) >= 11 is 0. The van der Waals surface area contributed by atoms with E-state index >= 15 is 0 Å². The standard InChI is InChI=1S/C17H17N7O/c1-10-5-4-6-23-9-13(20-15(10)23)8-18-16(25)14-21-17-19-11(2)7-12(3)24(17)22-14/h4-7,9H,8H2,1-3H3,(H,18,25). The highest BCUT2D eigenvalue weighted by Gasteiger charge is 2.15. The van der Waals surface area contributed by atoms with E-state index in [1.807, 2.05) is 55.8 Å². The van der Waals surface area contributed by atoms with Crippen LogP contribution in [0.2, 0.25) is 0 Å². The van der Waals surface area contributed by atoms with Crippen molar-refractivity contribution in [3.05, 3.63) is 59.1 Å². The first-order valence-electron chi connectivity index (χ1n) is 7.94. The van der Waals surface area contributed by atoms with Crippen molar-refractivity contribution in [3.8, 4) is 0 Å². The van der Waals surface area contributed by atoms with Crippen LogP contribution in [0.15, 0.2) is 30.6 Å². The fraction of sp³-hybridized carbons (Fsp3) is 0.235. The van der Waals surface area contributed by atoms with E-state index in [9.17, 15) is 4.79 Å². The highest BCUT2D eigenvalue weighted by atomic mass is 16.2. The van der Waals surface area contributed by atoms with Crippen molar-refractivity contribution in [2.75, 3.05) is 0 Å². The van der Waals surface area contributed by atoms with E-state index in [4.69, 9.17) is 0 Å². The van der Waals surface area contributed by atoms with E-state index in [-0.39, 0.29) is 11.7 Å². The van der Waals surface area contributed by atoms with Gasteiger partial charge in [-0.1, -0.05) is 6.07 Å². The molecule has 0 spiro atoms. The fourth-order valence-corrected chi connectivity index (χ4v) is 2.80. The molecule has 1 amide bonds. The van der Waals surface area contributed by atoms with Crippen molar-refractivity contribution in [2.24, 2.45) is 0 Å². The van der Waals surface area contributed by atoms with Crippen LogP contribution in [0.25, 0.3) is 11.4 Å². The van der Waals surface area contributed by atoms with Gasteiger partial charge in [-0.25, -0.2) is 14.5 Å². The smallest absolute Gasteiger partial charge is 0.291 e. The molecule has 0 atom stereocenters. The number of carbonyl (C=O) groups is 1. The molecule has 0 aromatic carbocycles. The van der Waals surface area contributed by atoms with Gasteiger partial charge < -0.3 is 9.72 Å². The van der Waals surface area contributed by atoms with E-state index in [1.54, 1.807) is 4.52 Å². The van der Waals surface area contributed by atoms with Crippen molar-refractivity contribution in [2.45, 2.75) is 27.3 Å². The summed E-state index contributed by atoms with van der Waals surface area (Å²) in [5.74, 6) is 0.170. The van der Waals surface area contributed by atoms with Crippen LogP contribution in [0.3, 0.4) is 0 Å². The van der Waals surface area contributed by atoms with Crippen LogP contribution in [0, 0.1) is 20.8 Å². The maximum absolute atomic E-state index is 12.4. The Morgan fingerprint density at radius 1 is 1.20 bits per heavy atom. The van der Waals surface area contributed by atoms with Gasteiger partial charge in [0.25, 0.3) is 11.7 Å². The van der Waals surface area contributed by atoms with Crippen molar-refractivity contribution in [1.82, 2.24) is 34.3 Å². The number of amides is 1. The Labute approximate surface area is 143 Å². The molecule has 25 heavy (non-hydrogen) atoms. The van der Waals surface area contributed by atoms with E-state index in [0.29, 0.717) is 12.3 Å². The van der Waals surface area contributed by atoms with Gasteiger partial charge in [0.1, 0.15) is 5.65 Å². The van der Waals surface area contributed by atoms with Crippen LogP contribution < -0.4 is 5.32 Å². The molecule has 8 heteroatoms. The number of aromatic nitrogens is 6. The molecule has 4 aromatic rings. The molecule has 0 saturated heterocycles. The topological polar surface area (TPSA) is 89.5 Å². The predicted molar refractivity (Wildman–Crippen MR) is 91.4 cm³/mol. The summed E-state index contributed by atoms with van der Waals surface area (Å²) in [5.41, 5.74) is 4.46. The lowest BCUT2D eigenvalue weighted by Crippen LogP contribution is -2.24. The summed E-state index contributed by atoms with van der Waals surface area (Å²) in [6.07, 6.45) is 3.83. The molecule has 4 heterocycles. The number of fused-ring (bicyclic) bond motifs is 2. The minimum Gasteiger partial charge on any atom is -0.344 e. The monoisotopic (exact) mass is 335 g/mol. The molecule has 0 saturated carbocycles. The highest BCUT2D eigenvalue weighted by Crippen LogP contribution is 2.10. The third kappa shape index (κ3) is 2.71. The van der Waals surface area contributed by atoms with Gasteiger partial charge in [-0.3, -0.25) is 4.79 Å². The number of pyridine rings is 1. The van der Waals surface area contributed by atoms with Crippen LogP contribution in [0.4, 0.5) is 0 Å². The third-order valence-electron chi connectivity index (χ3n) is 3.98. The van der Waals surface area contributed by atoms with Crippen LogP contribution in [-0.2, 0) is 6.54 Å². The van der Waals surface area contributed by atoms with Gasteiger partial charge in [0.05, 0.1) is 12.2 Å². The van der Waals surface area contributed by atoms with Crippen LogP contribution in [0.5, 0.6) is 0 Å². The van der Waals surface area contributed by atoms with Crippen LogP contribution >= 0.6 is 0 Å². The summed E-state index contributed by atoms with van der Waals surface area (Å²) in [7, 11) is 0. The van der Waals surface area contributed by atoms with Gasteiger partial charge in [-0.15, -0.1) is 5.10 Å². The first-order chi connectivity index (χ1) is 12.0. The van der Waals surface area contributed by atoms with E-state index < -0.39 is 0 Å². The molecular weight excluding hydrogens is 318 g/mol. The van der Waals surface area contributed by atoms with Gasteiger partial charge in [-0.05, 0) is 38.5 Å². The Hall–Kier alpha value is -3.29. The van der Waals surface area contributed by atoms with Crippen LogP contribution in [0.1, 0.15) is 33.3 Å². The number of imidazole rings is 1. The van der Waals surface area contributed by atoms with Crippen molar-refractivity contribution < 1.29 is 4.79 Å². The number of aryl methyl sites for hydroxylation is 3. The zero-order valence-electron chi connectivity index (χ0n) is 14.2. The van der Waals surface area contributed by atoms with Gasteiger partial charge in [0.2, 0.25) is 5.82 Å². The SMILES string of the molecule is Cc1cc(C)n2nc(C(=O)NCc3cn4cccc(C)c4n3)nc2n1. The first kappa shape index (κ1) is 15.3. The molecule has 0 unspecified atom stereocenters. The van der Waals surface area contributed by atoms with Gasteiger partial charge in [0.15, 0.2) is 0 Å². The molecule has 8 nitrogen and oxygen atoms in total. The Bertz CT molecular complexity index is 1110. The predicted octanol–water partition coefficient (Wildman–Crippen LogP) is 1.63. The Kier molecular flexibility index (Phi) is 3.45. The fourth-order valence-electron chi connectivity index (χ4n) is 2.80. The minimum absolute atomic E-state index is 0.0983. The van der Waals surface area contributed by atoms with Gasteiger partial charge >= 0.3 is 0 Å². The second kappa shape index (κ2) is 5.66. The lowest BCUT2D eigenvalue weighted by Gasteiger charge is -1.98. The molecule has 0 radical (unpaired) electrons. The van der Waals surface area contributed by atoms with Gasteiger partial charge in [0, 0.05) is 23.8 Å². The first-order valence-corrected chi connectivity index (χ1v) is 7.94. The highest BCUT2D eigenvalue weighted by molar-refractivity contribution is 5.90. The zero-order chi connectivity index (χ0) is 17.6. The minimum atomic E-state index is -0.351. The molecule has 0 bridgehead atoms. The number of carbonyl (C=O) groups excluding carboxylic acids is 1. The number of nitrogens with one attached hydrogen (secondary N) is 1. The van der Waals surface area contributed by atoms with E-state index in [2.05, 4.69) is 25.4 Å². The molecular formula is C17H17N7O. The zero-order valence-corrected chi connectivity index (χ0v) is 14.2. The maximum atomic E-state index is 12.4. The summed E-state index contributed by atoms with van der Waals surface area (Å²) in [5, 5.41) is 7.04. The number of nitrogens with zero attached hydrogens (tertiary/aromatic N) is 6. The number of rotatable bonds is 3. The van der Waals surface area contributed by atoms with E-state index in [1.165, 1.54) is 0 Å².